The van der Waals surface area contributed by atoms with Crippen molar-refractivity contribution in [3.05, 3.63) is 17.8 Å². The van der Waals surface area contributed by atoms with Gasteiger partial charge in [0.1, 0.15) is 11.9 Å². The van der Waals surface area contributed by atoms with Gasteiger partial charge in [0, 0.05) is 32.2 Å². The van der Waals surface area contributed by atoms with E-state index >= 15 is 0 Å². The van der Waals surface area contributed by atoms with Crippen molar-refractivity contribution in [2.45, 2.75) is 19.9 Å². The minimum Gasteiger partial charge on any atom is -0.396 e. The van der Waals surface area contributed by atoms with Crippen molar-refractivity contribution in [3.63, 3.8) is 0 Å². The summed E-state index contributed by atoms with van der Waals surface area (Å²) in [4.78, 5) is 8.96. The topological polar surface area (TPSA) is 69.2 Å². The first-order valence-electron chi connectivity index (χ1n) is 6.27. The highest BCUT2D eigenvalue weighted by Crippen LogP contribution is 2.18. The van der Waals surface area contributed by atoms with Gasteiger partial charge in [0.25, 0.3) is 0 Å². The van der Waals surface area contributed by atoms with Gasteiger partial charge in [-0.1, -0.05) is 0 Å². The van der Waals surface area contributed by atoms with Gasteiger partial charge < -0.3 is 10.6 Å². The summed E-state index contributed by atoms with van der Waals surface area (Å²) in [6, 6.07) is 6.26. The summed E-state index contributed by atoms with van der Waals surface area (Å²) in [6.45, 7) is 8.38. The Morgan fingerprint density at radius 1 is 1.28 bits per heavy atom. The summed E-state index contributed by atoms with van der Waals surface area (Å²) >= 11 is 0. The van der Waals surface area contributed by atoms with Crippen molar-refractivity contribution in [2.75, 3.05) is 36.8 Å². The number of piperazine rings is 1. The van der Waals surface area contributed by atoms with Crippen LogP contribution in [0.15, 0.2) is 12.1 Å². The second-order valence-corrected chi connectivity index (χ2v) is 4.84. The van der Waals surface area contributed by atoms with Gasteiger partial charge in [-0.15, -0.1) is 0 Å². The number of hydrogen-bond donors (Lipinski definition) is 1. The standard InChI is InChI=1S/C13H19N5/c1-10(2)17-5-7-18(8-6-17)13-4-3-11(15)12(9-14)16-13/h3-4,10H,5-8,15H2,1-2H3. The van der Waals surface area contributed by atoms with E-state index < -0.39 is 0 Å². The number of nitriles is 1. The number of rotatable bonds is 2. The van der Waals surface area contributed by atoms with E-state index in [2.05, 4.69) is 28.6 Å². The fourth-order valence-electron chi connectivity index (χ4n) is 2.19. The summed E-state index contributed by atoms with van der Waals surface area (Å²) in [5.41, 5.74) is 6.44. The molecule has 5 nitrogen and oxygen atoms in total. The molecule has 0 spiro atoms. The fraction of sp³-hybridized carbons (Fsp3) is 0.538. The van der Waals surface area contributed by atoms with Crippen LogP contribution in [0, 0.1) is 11.3 Å². The Kier molecular flexibility index (Phi) is 3.68. The highest BCUT2D eigenvalue weighted by Gasteiger charge is 2.20. The molecule has 2 N–H and O–H groups in total. The molecular weight excluding hydrogens is 226 g/mol. The fourth-order valence-corrected chi connectivity index (χ4v) is 2.19. The maximum atomic E-state index is 8.94. The van der Waals surface area contributed by atoms with E-state index in [1.807, 2.05) is 12.1 Å². The maximum Gasteiger partial charge on any atom is 0.165 e. The van der Waals surface area contributed by atoms with Crippen molar-refractivity contribution in [1.82, 2.24) is 9.88 Å². The van der Waals surface area contributed by atoms with E-state index in [0.29, 0.717) is 17.4 Å². The molecule has 0 saturated carbocycles. The Morgan fingerprint density at radius 3 is 2.50 bits per heavy atom. The van der Waals surface area contributed by atoms with Gasteiger partial charge in [-0.25, -0.2) is 4.98 Å². The first kappa shape index (κ1) is 12.7. The van der Waals surface area contributed by atoms with Crippen molar-refractivity contribution >= 4 is 11.5 Å². The summed E-state index contributed by atoms with van der Waals surface area (Å²) in [5, 5.41) is 8.94. The Bertz CT molecular complexity index is 455. The molecule has 0 aromatic carbocycles. The smallest absolute Gasteiger partial charge is 0.165 e. The summed E-state index contributed by atoms with van der Waals surface area (Å²) in [6.07, 6.45) is 0. The van der Waals surface area contributed by atoms with Gasteiger partial charge >= 0.3 is 0 Å². The lowest BCUT2D eigenvalue weighted by Gasteiger charge is -2.37. The lowest BCUT2D eigenvalue weighted by atomic mass is 10.2. The third-order valence-corrected chi connectivity index (χ3v) is 3.39. The van der Waals surface area contributed by atoms with Gasteiger partial charge in [-0.3, -0.25) is 4.90 Å². The third-order valence-electron chi connectivity index (χ3n) is 3.39. The van der Waals surface area contributed by atoms with E-state index in [4.69, 9.17) is 11.0 Å². The predicted molar refractivity (Wildman–Crippen MR) is 72.3 cm³/mol. The molecule has 18 heavy (non-hydrogen) atoms. The normalized spacial score (nSPS) is 16.9. The lowest BCUT2D eigenvalue weighted by Crippen LogP contribution is -2.49. The first-order chi connectivity index (χ1) is 8.61. The zero-order valence-corrected chi connectivity index (χ0v) is 10.9. The van der Waals surface area contributed by atoms with Gasteiger partial charge in [-0.05, 0) is 26.0 Å². The zero-order chi connectivity index (χ0) is 13.1. The van der Waals surface area contributed by atoms with Crippen LogP contribution >= 0.6 is 0 Å². The Balaban J connectivity index is 2.08. The molecule has 0 bridgehead atoms. The highest BCUT2D eigenvalue weighted by molar-refractivity contribution is 5.55. The number of nitrogens with zero attached hydrogens (tertiary/aromatic N) is 4. The molecule has 0 atom stereocenters. The van der Waals surface area contributed by atoms with E-state index in [1.54, 1.807) is 6.07 Å². The van der Waals surface area contributed by atoms with Crippen LogP contribution < -0.4 is 10.6 Å². The van der Waals surface area contributed by atoms with Gasteiger partial charge in [-0.2, -0.15) is 5.26 Å². The molecule has 0 amide bonds. The van der Waals surface area contributed by atoms with Crippen LogP contribution in [0.4, 0.5) is 11.5 Å². The second-order valence-electron chi connectivity index (χ2n) is 4.84. The van der Waals surface area contributed by atoms with Crippen molar-refractivity contribution in [3.8, 4) is 6.07 Å². The average molecular weight is 245 g/mol. The van der Waals surface area contributed by atoms with Gasteiger partial charge in [0.15, 0.2) is 5.69 Å². The number of anilines is 2. The van der Waals surface area contributed by atoms with Gasteiger partial charge in [0.2, 0.25) is 0 Å². The number of nitrogen functional groups attached to an aromatic ring is 1. The molecule has 0 radical (unpaired) electrons. The van der Waals surface area contributed by atoms with Crippen molar-refractivity contribution in [2.24, 2.45) is 0 Å². The molecule has 1 aromatic heterocycles. The molecule has 0 aliphatic carbocycles. The molecule has 2 rings (SSSR count). The summed E-state index contributed by atoms with van der Waals surface area (Å²) in [5.74, 6) is 0.851. The number of nitrogens with two attached hydrogens (primary N) is 1. The first-order valence-corrected chi connectivity index (χ1v) is 6.27. The van der Waals surface area contributed by atoms with E-state index in [9.17, 15) is 0 Å². The van der Waals surface area contributed by atoms with Crippen LogP contribution in [0.1, 0.15) is 19.5 Å². The monoisotopic (exact) mass is 245 g/mol. The Morgan fingerprint density at radius 2 is 1.94 bits per heavy atom. The molecule has 1 aliphatic rings. The molecule has 1 aromatic rings. The average Bonchev–Trinajstić information content (AvgIpc) is 2.39. The third kappa shape index (κ3) is 2.54. The summed E-state index contributed by atoms with van der Waals surface area (Å²) < 4.78 is 0. The van der Waals surface area contributed by atoms with Crippen LogP contribution in [-0.2, 0) is 0 Å². The van der Waals surface area contributed by atoms with Crippen molar-refractivity contribution in [1.29, 1.82) is 5.26 Å². The maximum absolute atomic E-state index is 8.94. The predicted octanol–water partition coefficient (Wildman–Crippen LogP) is 1.07. The Hall–Kier alpha value is -1.80. The number of hydrogen-bond acceptors (Lipinski definition) is 5. The van der Waals surface area contributed by atoms with Crippen LogP contribution in [0.5, 0.6) is 0 Å². The summed E-state index contributed by atoms with van der Waals surface area (Å²) in [7, 11) is 0. The van der Waals surface area contributed by atoms with Crippen LogP contribution in [-0.4, -0.2) is 42.1 Å². The molecule has 1 saturated heterocycles. The van der Waals surface area contributed by atoms with E-state index in [0.717, 1.165) is 32.0 Å². The minimum atomic E-state index is 0.318. The molecule has 1 fully saturated rings. The minimum absolute atomic E-state index is 0.318. The molecule has 1 aliphatic heterocycles. The lowest BCUT2D eigenvalue weighted by molar-refractivity contribution is 0.209. The molecule has 5 heteroatoms. The highest BCUT2D eigenvalue weighted by atomic mass is 15.3. The van der Waals surface area contributed by atoms with E-state index in [1.165, 1.54) is 0 Å². The molecular formula is C13H19N5. The van der Waals surface area contributed by atoms with Crippen molar-refractivity contribution < 1.29 is 0 Å². The molecule has 96 valence electrons. The van der Waals surface area contributed by atoms with Crippen LogP contribution in [0.3, 0.4) is 0 Å². The second kappa shape index (κ2) is 5.23. The van der Waals surface area contributed by atoms with Gasteiger partial charge in [0.05, 0.1) is 5.69 Å². The van der Waals surface area contributed by atoms with Crippen LogP contribution in [0.2, 0.25) is 0 Å². The van der Waals surface area contributed by atoms with E-state index in [-0.39, 0.29) is 0 Å². The quantitative estimate of drug-likeness (QED) is 0.844. The number of pyridine rings is 1. The SMILES string of the molecule is CC(C)N1CCN(c2ccc(N)c(C#N)n2)CC1. The number of aromatic nitrogens is 1. The Labute approximate surface area is 108 Å². The molecule has 2 heterocycles. The zero-order valence-electron chi connectivity index (χ0n) is 10.9. The molecule has 0 unspecified atom stereocenters. The van der Waals surface area contributed by atoms with Crippen LogP contribution in [0.25, 0.3) is 0 Å². The largest absolute Gasteiger partial charge is 0.396 e.